The minimum atomic E-state index is -0.0254. The fourth-order valence-electron chi connectivity index (χ4n) is 2.78. The number of rotatable bonds is 5. The van der Waals surface area contributed by atoms with Crippen LogP contribution >= 0.6 is 15.9 Å². The summed E-state index contributed by atoms with van der Waals surface area (Å²) in [5, 5.41) is 4.23. The molecule has 1 amide bonds. The third-order valence-corrected chi connectivity index (χ3v) is 5.77. The first kappa shape index (κ1) is 12.4. The molecule has 2 aliphatic rings. The third kappa shape index (κ3) is 2.29. The first-order chi connectivity index (χ1) is 7.66. The van der Waals surface area contributed by atoms with Crippen molar-refractivity contribution in [1.29, 1.82) is 0 Å². The largest absolute Gasteiger partial charge is 0.355 e. The molecule has 0 bridgehead atoms. The molecule has 0 saturated heterocycles. The number of nitrogens with one attached hydrogen (secondary N) is 1. The van der Waals surface area contributed by atoms with Crippen LogP contribution in [0.15, 0.2) is 0 Å². The molecular formula is C13H22BrNO. The second kappa shape index (κ2) is 4.67. The molecule has 0 heterocycles. The summed E-state index contributed by atoms with van der Waals surface area (Å²) in [6.07, 6.45) is 8.17. The highest BCUT2D eigenvalue weighted by molar-refractivity contribution is 9.09. The van der Waals surface area contributed by atoms with Gasteiger partial charge in [-0.2, -0.15) is 0 Å². The zero-order valence-electron chi connectivity index (χ0n) is 10.2. The van der Waals surface area contributed by atoms with Crippen molar-refractivity contribution >= 4 is 21.8 Å². The number of alkyl halides is 1. The van der Waals surface area contributed by atoms with E-state index in [1.165, 1.54) is 25.7 Å². The molecule has 0 atom stereocenters. The van der Waals surface area contributed by atoms with Crippen molar-refractivity contribution in [1.82, 2.24) is 5.32 Å². The zero-order valence-corrected chi connectivity index (χ0v) is 11.7. The summed E-state index contributed by atoms with van der Waals surface area (Å²) in [5.41, 5.74) is 0.367. The van der Waals surface area contributed by atoms with E-state index in [2.05, 4.69) is 28.2 Å². The van der Waals surface area contributed by atoms with Crippen LogP contribution in [0.3, 0.4) is 0 Å². The van der Waals surface area contributed by atoms with Crippen molar-refractivity contribution in [2.24, 2.45) is 10.8 Å². The van der Waals surface area contributed by atoms with Gasteiger partial charge in [-0.05, 0) is 37.5 Å². The van der Waals surface area contributed by atoms with E-state index in [0.29, 0.717) is 11.3 Å². The Morgan fingerprint density at radius 1 is 1.25 bits per heavy atom. The highest BCUT2D eigenvalue weighted by atomic mass is 79.9. The van der Waals surface area contributed by atoms with Gasteiger partial charge in [0.2, 0.25) is 5.91 Å². The van der Waals surface area contributed by atoms with Gasteiger partial charge in [0.25, 0.3) is 0 Å². The Hall–Kier alpha value is -0.0500. The average Bonchev–Trinajstić information content (AvgIpc) is 2.94. The van der Waals surface area contributed by atoms with E-state index in [-0.39, 0.29) is 5.41 Å². The Labute approximate surface area is 107 Å². The molecular weight excluding hydrogens is 266 g/mol. The number of carbonyl (C=O) groups excluding carboxylic acids is 1. The van der Waals surface area contributed by atoms with Gasteiger partial charge in [0.1, 0.15) is 0 Å². The minimum Gasteiger partial charge on any atom is -0.355 e. The van der Waals surface area contributed by atoms with Gasteiger partial charge in [0, 0.05) is 17.3 Å². The van der Waals surface area contributed by atoms with Crippen LogP contribution in [0.25, 0.3) is 0 Å². The molecule has 2 saturated carbocycles. The van der Waals surface area contributed by atoms with Gasteiger partial charge < -0.3 is 5.32 Å². The highest BCUT2D eigenvalue weighted by Crippen LogP contribution is 2.47. The van der Waals surface area contributed by atoms with E-state index < -0.39 is 0 Å². The van der Waals surface area contributed by atoms with Gasteiger partial charge in [0.05, 0.1) is 0 Å². The quantitative estimate of drug-likeness (QED) is 0.773. The molecule has 2 nitrogen and oxygen atoms in total. The molecule has 92 valence electrons. The Morgan fingerprint density at radius 3 is 2.31 bits per heavy atom. The molecule has 3 heteroatoms. The van der Waals surface area contributed by atoms with Crippen LogP contribution in [0.5, 0.6) is 0 Å². The van der Waals surface area contributed by atoms with Crippen LogP contribution in [0.4, 0.5) is 0 Å². The van der Waals surface area contributed by atoms with E-state index in [1.54, 1.807) is 0 Å². The number of amides is 1. The van der Waals surface area contributed by atoms with E-state index in [4.69, 9.17) is 0 Å². The lowest BCUT2D eigenvalue weighted by Crippen LogP contribution is -2.41. The van der Waals surface area contributed by atoms with Crippen molar-refractivity contribution < 1.29 is 4.79 Å². The molecule has 0 radical (unpaired) electrons. The molecule has 1 N–H and O–H groups in total. The number of hydrogen-bond donors (Lipinski definition) is 1. The second-order valence-electron chi connectivity index (χ2n) is 5.66. The SMILES string of the molecule is CCC1(C(=O)NCC2(CBr)CC2)CCCC1. The number of halogens is 1. The topological polar surface area (TPSA) is 29.1 Å². The summed E-state index contributed by atoms with van der Waals surface area (Å²) < 4.78 is 0. The van der Waals surface area contributed by atoms with Crippen molar-refractivity contribution in [3.8, 4) is 0 Å². The maximum Gasteiger partial charge on any atom is 0.226 e. The number of carbonyl (C=O) groups is 1. The van der Waals surface area contributed by atoms with Gasteiger partial charge in [-0.3, -0.25) is 4.79 Å². The maximum absolute atomic E-state index is 12.3. The lowest BCUT2D eigenvalue weighted by atomic mass is 9.82. The Morgan fingerprint density at radius 2 is 1.88 bits per heavy atom. The molecule has 0 spiro atoms. The molecule has 0 aliphatic heterocycles. The van der Waals surface area contributed by atoms with E-state index in [0.717, 1.165) is 31.1 Å². The summed E-state index contributed by atoms with van der Waals surface area (Å²) in [7, 11) is 0. The predicted molar refractivity (Wildman–Crippen MR) is 69.7 cm³/mol. The first-order valence-electron chi connectivity index (χ1n) is 6.51. The monoisotopic (exact) mass is 287 g/mol. The zero-order chi connectivity index (χ0) is 11.6. The maximum atomic E-state index is 12.3. The van der Waals surface area contributed by atoms with Crippen LogP contribution in [0.1, 0.15) is 51.9 Å². The lowest BCUT2D eigenvalue weighted by Gasteiger charge is -2.27. The third-order valence-electron chi connectivity index (χ3n) is 4.58. The molecule has 0 aromatic rings. The van der Waals surface area contributed by atoms with Gasteiger partial charge in [0.15, 0.2) is 0 Å². The summed E-state index contributed by atoms with van der Waals surface area (Å²) in [5.74, 6) is 0.319. The fraction of sp³-hybridized carbons (Fsp3) is 0.923. The lowest BCUT2D eigenvalue weighted by molar-refractivity contribution is -0.131. The van der Waals surface area contributed by atoms with Crippen LogP contribution in [0, 0.1) is 10.8 Å². The molecule has 2 fully saturated rings. The molecule has 0 aromatic heterocycles. The summed E-state index contributed by atoms with van der Waals surface area (Å²) >= 11 is 3.55. The minimum absolute atomic E-state index is 0.0254. The summed E-state index contributed by atoms with van der Waals surface area (Å²) in [4.78, 5) is 12.3. The van der Waals surface area contributed by atoms with Crippen LogP contribution in [-0.4, -0.2) is 17.8 Å². The van der Waals surface area contributed by atoms with E-state index in [1.807, 2.05) is 0 Å². The Kier molecular flexibility index (Phi) is 3.62. The Balaban J connectivity index is 1.87. The van der Waals surface area contributed by atoms with Gasteiger partial charge >= 0.3 is 0 Å². The standard InChI is InChI=1S/C13H22BrNO/c1-2-13(5-3-4-6-13)11(16)15-10-12(9-14)7-8-12/h2-10H2,1H3,(H,15,16). The summed E-state index contributed by atoms with van der Waals surface area (Å²) in [6, 6.07) is 0. The van der Waals surface area contributed by atoms with Crippen molar-refractivity contribution in [3.05, 3.63) is 0 Å². The number of hydrogen-bond acceptors (Lipinski definition) is 1. The van der Waals surface area contributed by atoms with E-state index >= 15 is 0 Å². The molecule has 2 aliphatic carbocycles. The smallest absolute Gasteiger partial charge is 0.226 e. The Bertz CT molecular complexity index is 267. The van der Waals surface area contributed by atoms with Crippen molar-refractivity contribution in [2.45, 2.75) is 51.9 Å². The molecule has 0 unspecified atom stereocenters. The van der Waals surface area contributed by atoms with Crippen LogP contribution < -0.4 is 5.32 Å². The highest BCUT2D eigenvalue weighted by Gasteiger charge is 2.44. The van der Waals surface area contributed by atoms with Gasteiger partial charge in [-0.1, -0.05) is 35.7 Å². The van der Waals surface area contributed by atoms with Crippen LogP contribution in [-0.2, 0) is 4.79 Å². The molecule has 0 aromatic carbocycles. The molecule has 2 rings (SSSR count). The normalized spacial score (nSPS) is 25.4. The second-order valence-corrected chi connectivity index (χ2v) is 6.22. The summed E-state index contributed by atoms with van der Waals surface area (Å²) in [6.45, 7) is 3.03. The van der Waals surface area contributed by atoms with Crippen LogP contribution in [0.2, 0.25) is 0 Å². The van der Waals surface area contributed by atoms with Gasteiger partial charge in [-0.15, -0.1) is 0 Å². The van der Waals surface area contributed by atoms with Gasteiger partial charge in [-0.25, -0.2) is 0 Å². The van der Waals surface area contributed by atoms with Crippen molar-refractivity contribution in [2.75, 3.05) is 11.9 Å². The molecule has 16 heavy (non-hydrogen) atoms. The predicted octanol–water partition coefficient (Wildman–Crippen LogP) is 3.25. The first-order valence-corrected chi connectivity index (χ1v) is 7.63. The average molecular weight is 288 g/mol. The van der Waals surface area contributed by atoms with Crippen molar-refractivity contribution in [3.63, 3.8) is 0 Å². The van der Waals surface area contributed by atoms with E-state index in [9.17, 15) is 4.79 Å². The fourth-order valence-corrected chi connectivity index (χ4v) is 3.54.